The third kappa shape index (κ3) is 3.73. The van der Waals surface area contributed by atoms with Crippen LogP contribution in [0.15, 0.2) is 36.8 Å². The van der Waals surface area contributed by atoms with Crippen molar-refractivity contribution < 1.29 is 14.3 Å². The van der Waals surface area contributed by atoms with Crippen LogP contribution in [-0.4, -0.2) is 58.5 Å². The fraction of sp³-hybridized carbons (Fsp3) is 0.471. The molecule has 3 rings (SSSR count). The highest BCUT2D eigenvalue weighted by Gasteiger charge is 2.31. The minimum absolute atomic E-state index is 0.0369. The molecule has 3 heterocycles. The molecule has 1 saturated heterocycles. The molecule has 128 valence electrons. The number of carbonyl (C=O) groups excluding carboxylic acids is 1. The van der Waals surface area contributed by atoms with Crippen LogP contribution in [0, 0.1) is 0 Å². The minimum Gasteiger partial charge on any atom is -0.475 e. The van der Waals surface area contributed by atoms with Crippen molar-refractivity contribution in [1.29, 1.82) is 0 Å². The minimum atomic E-state index is -0.0369. The molecule has 1 amide bonds. The lowest BCUT2D eigenvalue weighted by Gasteiger charge is -2.25. The Morgan fingerprint density at radius 3 is 3.04 bits per heavy atom. The van der Waals surface area contributed by atoms with Crippen molar-refractivity contribution in [2.45, 2.75) is 25.4 Å². The number of nitrogens with zero attached hydrogens (tertiary/aromatic N) is 4. The van der Waals surface area contributed by atoms with Crippen LogP contribution in [-0.2, 0) is 11.3 Å². The van der Waals surface area contributed by atoms with Gasteiger partial charge in [0.2, 0.25) is 5.88 Å². The number of methoxy groups -OCH3 is 1. The lowest BCUT2D eigenvalue weighted by Crippen LogP contribution is -2.38. The maximum atomic E-state index is 13.0. The van der Waals surface area contributed by atoms with Crippen LogP contribution in [0.2, 0.25) is 0 Å². The summed E-state index contributed by atoms with van der Waals surface area (Å²) in [6, 6.07) is 5.56. The maximum absolute atomic E-state index is 13.0. The number of hydrogen-bond donors (Lipinski definition) is 0. The zero-order valence-corrected chi connectivity index (χ0v) is 13.8. The Labute approximate surface area is 141 Å². The van der Waals surface area contributed by atoms with E-state index < -0.39 is 0 Å². The first-order valence-electron chi connectivity index (χ1n) is 8.14. The lowest BCUT2D eigenvalue weighted by molar-refractivity contribution is 0.0713. The van der Waals surface area contributed by atoms with Gasteiger partial charge in [0.05, 0.1) is 19.2 Å². The van der Waals surface area contributed by atoms with E-state index in [-0.39, 0.29) is 11.9 Å². The number of aromatic nitrogens is 3. The van der Waals surface area contributed by atoms with Gasteiger partial charge in [-0.1, -0.05) is 0 Å². The Morgan fingerprint density at radius 1 is 1.33 bits per heavy atom. The van der Waals surface area contributed by atoms with E-state index in [0.29, 0.717) is 31.2 Å². The van der Waals surface area contributed by atoms with Crippen LogP contribution < -0.4 is 4.74 Å². The molecule has 2 aromatic rings. The molecule has 1 aliphatic rings. The van der Waals surface area contributed by atoms with Gasteiger partial charge in [-0.25, -0.2) is 4.98 Å². The number of likely N-dealkylation sites (tertiary alicyclic amines) is 1. The van der Waals surface area contributed by atoms with Gasteiger partial charge < -0.3 is 14.4 Å². The van der Waals surface area contributed by atoms with Gasteiger partial charge in [0.25, 0.3) is 5.91 Å². The van der Waals surface area contributed by atoms with Crippen molar-refractivity contribution in [2.24, 2.45) is 0 Å². The summed E-state index contributed by atoms with van der Waals surface area (Å²) >= 11 is 0. The summed E-state index contributed by atoms with van der Waals surface area (Å²) in [5.74, 6) is 0.328. The molecule has 0 radical (unpaired) electrons. The molecule has 1 atom stereocenters. The molecule has 0 aromatic carbocycles. The van der Waals surface area contributed by atoms with E-state index in [2.05, 4.69) is 10.1 Å². The highest BCUT2D eigenvalue weighted by molar-refractivity contribution is 5.96. The SMILES string of the molecule is COCCOc1ncccc1C(=O)N1CCC[C@@H]1Cn1cccn1. The fourth-order valence-corrected chi connectivity index (χ4v) is 2.96. The average molecular weight is 330 g/mol. The molecule has 2 aromatic heterocycles. The van der Waals surface area contributed by atoms with Crippen LogP contribution in [0.25, 0.3) is 0 Å². The monoisotopic (exact) mass is 330 g/mol. The number of carbonyl (C=O) groups is 1. The van der Waals surface area contributed by atoms with Gasteiger partial charge in [0, 0.05) is 32.2 Å². The average Bonchev–Trinajstić information content (AvgIpc) is 3.27. The van der Waals surface area contributed by atoms with E-state index in [1.165, 1.54) is 0 Å². The molecule has 0 aliphatic carbocycles. The summed E-state index contributed by atoms with van der Waals surface area (Å²) in [7, 11) is 1.61. The molecule has 7 heteroatoms. The predicted octanol–water partition coefficient (Wildman–Crippen LogP) is 1.61. The first-order valence-corrected chi connectivity index (χ1v) is 8.14. The number of ether oxygens (including phenoxy) is 2. The van der Waals surface area contributed by atoms with Gasteiger partial charge in [0.15, 0.2) is 0 Å². The first-order chi connectivity index (χ1) is 11.8. The van der Waals surface area contributed by atoms with Crippen LogP contribution in [0.5, 0.6) is 5.88 Å². The van der Waals surface area contributed by atoms with Crippen molar-refractivity contribution in [3.8, 4) is 5.88 Å². The Bertz CT molecular complexity index is 660. The molecule has 1 fully saturated rings. The quantitative estimate of drug-likeness (QED) is 0.721. The third-order valence-corrected chi connectivity index (χ3v) is 4.12. The number of pyridine rings is 1. The standard InChI is InChI=1S/C17H22N4O3/c1-23-11-12-24-16-15(6-2-7-18-16)17(22)21-10-3-5-14(21)13-20-9-4-8-19-20/h2,4,6-9,14H,3,5,10-13H2,1H3/t14-/m1/s1. The van der Waals surface area contributed by atoms with Crippen molar-refractivity contribution in [3.05, 3.63) is 42.4 Å². The second-order valence-corrected chi connectivity index (χ2v) is 5.72. The molecule has 0 N–H and O–H groups in total. The van der Waals surface area contributed by atoms with Gasteiger partial charge in [-0.3, -0.25) is 9.48 Å². The van der Waals surface area contributed by atoms with Gasteiger partial charge >= 0.3 is 0 Å². The Morgan fingerprint density at radius 2 is 2.25 bits per heavy atom. The number of amides is 1. The molecule has 24 heavy (non-hydrogen) atoms. The highest BCUT2D eigenvalue weighted by atomic mass is 16.5. The lowest BCUT2D eigenvalue weighted by atomic mass is 10.2. The van der Waals surface area contributed by atoms with Gasteiger partial charge in [-0.2, -0.15) is 5.10 Å². The van der Waals surface area contributed by atoms with E-state index >= 15 is 0 Å². The fourth-order valence-electron chi connectivity index (χ4n) is 2.96. The van der Waals surface area contributed by atoms with Crippen molar-refractivity contribution in [1.82, 2.24) is 19.7 Å². The number of hydrogen-bond acceptors (Lipinski definition) is 5. The van der Waals surface area contributed by atoms with Gasteiger partial charge in [-0.15, -0.1) is 0 Å². The molecule has 1 aliphatic heterocycles. The van der Waals surface area contributed by atoms with Crippen LogP contribution in [0.1, 0.15) is 23.2 Å². The van der Waals surface area contributed by atoms with Crippen molar-refractivity contribution in [3.63, 3.8) is 0 Å². The molecular formula is C17H22N4O3. The van der Waals surface area contributed by atoms with Gasteiger partial charge in [-0.05, 0) is 31.0 Å². The second-order valence-electron chi connectivity index (χ2n) is 5.72. The Kier molecular flexibility index (Phi) is 5.43. The molecule has 0 bridgehead atoms. The molecule has 7 nitrogen and oxygen atoms in total. The van der Waals surface area contributed by atoms with E-state index in [0.717, 1.165) is 19.4 Å². The Hall–Kier alpha value is -2.41. The second kappa shape index (κ2) is 7.92. The van der Waals surface area contributed by atoms with Crippen LogP contribution in [0.3, 0.4) is 0 Å². The summed E-state index contributed by atoms with van der Waals surface area (Å²) in [5.41, 5.74) is 0.501. The zero-order valence-electron chi connectivity index (χ0n) is 13.8. The van der Waals surface area contributed by atoms with Crippen LogP contribution in [0.4, 0.5) is 0 Å². The Balaban J connectivity index is 1.73. The summed E-state index contributed by atoms with van der Waals surface area (Å²) in [4.78, 5) is 19.1. The largest absolute Gasteiger partial charge is 0.475 e. The van der Waals surface area contributed by atoms with E-state index in [9.17, 15) is 4.79 Å². The highest BCUT2D eigenvalue weighted by Crippen LogP contribution is 2.24. The molecule has 0 spiro atoms. The maximum Gasteiger partial charge on any atom is 0.259 e. The smallest absolute Gasteiger partial charge is 0.259 e. The summed E-state index contributed by atoms with van der Waals surface area (Å²) in [6.45, 7) is 2.27. The van der Waals surface area contributed by atoms with Crippen molar-refractivity contribution >= 4 is 5.91 Å². The molecule has 0 unspecified atom stereocenters. The van der Waals surface area contributed by atoms with Gasteiger partial charge in [0.1, 0.15) is 12.2 Å². The topological polar surface area (TPSA) is 69.5 Å². The van der Waals surface area contributed by atoms with Crippen molar-refractivity contribution in [2.75, 3.05) is 26.9 Å². The van der Waals surface area contributed by atoms with E-state index in [1.807, 2.05) is 21.8 Å². The predicted molar refractivity (Wildman–Crippen MR) is 87.9 cm³/mol. The molecule has 0 saturated carbocycles. The summed E-state index contributed by atoms with van der Waals surface area (Å²) in [6.07, 6.45) is 7.28. The summed E-state index contributed by atoms with van der Waals surface area (Å²) < 4.78 is 12.5. The normalized spacial score (nSPS) is 17.2. The van der Waals surface area contributed by atoms with Crippen LogP contribution >= 0.6 is 0 Å². The zero-order chi connectivity index (χ0) is 16.8. The molecular weight excluding hydrogens is 308 g/mol. The first kappa shape index (κ1) is 16.4. The third-order valence-electron chi connectivity index (χ3n) is 4.12. The van der Waals surface area contributed by atoms with E-state index in [1.54, 1.807) is 31.6 Å². The summed E-state index contributed by atoms with van der Waals surface area (Å²) in [5, 5.41) is 4.24. The van der Waals surface area contributed by atoms with E-state index in [4.69, 9.17) is 9.47 Å². The number of rotatable bonds is 7.